The molecule has 0 spiro atoms. The fourth-order valence-corrected chi connectivity index (χ4v) is 2.64. The van der Waals surface area contributed by atoms with E-state index < -0.39 is 5.91 Å². The van der Waals surface area contributed by atoms with Crippen molar-refractivity contribution in [3.8, 4) is 5.69 Å². The molecule has 136 valence electrons. The lowest BCUT2D eigenvalue weighted by atomic mass is 10.2. The Morgan fingerprint density at radius 2 is 1.89 bits per heavy atom. The van der Waals surface area contributed by atoms with E-state index >= 15 is 0 Å². The van der Waals surface area contributed by atoms with Gasteiger partial charge >= 0.3 is 0 Å². The zero-order valence-electron chi connectivity index (χ0n) is 14.8. The average molecular weight is 364 g/mol. The van der Waals surface area contributed by atoms with Gasteiger partial charge in [0, 0.05) is 12.4 Å². The summed E-state index contributed by atoms with van der Waals surface area (Å²) in [5.74, 6) is -0.428. The van der Waals surface area contributed by atoms with E-state index in [4.69, 9.17) is 0 Å². The van der Waals surface area contributed by atoms with Crippen LogP contribution in [0.25, 0.3) is 11.3 Å². The van der Waals surface area contributed by atoms with Gasteiger partial charge in [0.1, 0.15) is 17.8 Å². The third-order valence-corrected chi connectivity index (χ3v) is 4.11. The number of imidazole rings is 1. The number of fused-ring (bicyclic) bond motifs is 1. The molecule has 3 aromatic heterocycles. The number of carbonyl (C=O) groups excluding carboxylic acids is 1. The Bertz CT molecular complexity index is 1110. The topological polar surface area (TPSA) is 77.1 Å². The number of benzene rings is 1. The molecule has 0 bridgehead atoms. The summed E-state index contributed by atoms with van der Waals surface area (Å²) >= 11 is 0. The molecule has 8 heteroatoms. The van der Waals surface area contributed by atoms with E-state index in [0.717, 1.165) is 11.3 Å². The van der Waals surface area contributed by atoms with Crippen molar-refractivity contribution in [2.24, 2.45) is 0 Å². The largest absolute Gasteiger partial charge is 0.318 e. The van der Waals surface area contributed by atoms with Gasteiger partial charge in [-0.15, -0.1) is 5.10 Å². The zero-order chi connectivity index (χ0) is 19.0. The molecule has 0 radical (unpaired) electrons. The van der Waals surface area contributed by atoms with Gasteiger partial charge in [0.2, 0.25) is 5.82 Å². The Morgan fingerprint density at radius 1 is 1.11 bits per heavy atom. The smallest absolute Gasteiger partial charge is 0.295 e. The average Bonchev–Trinajstić information content (AvgIpc) is 3.29. The molecule has 27 heavy (non-hydrogen) atoms. The number of anilines is 1. The summed E-state index contributed by atoms with van der Waals surface area (Å²) in [6.07, 6.45) is 5.15. The van der Waals surface area contributed by atoms with Crippen molar-refractivity contribution >= 4 is 17.2 Å². The second kappa shape index (κ2) is 6.64. The number of nitrogens with zero attached hydrogens (tertiary/aromatic N) is 5. The van der Waals surface area contributed by atoms with Crippen LogP contribution < -0.4 is 5.32 Å². The fourth-order valence-electron chi connectivity index (χ4n) is 2.64. The van der Waals surface area contributed by atoms with Crippen LogP contribution in [0.3, 0.4) is 0 Å². The summed E-state index contributed by atoms with van der Waals surface area (Å²) in [4.78, 5) is 21.0. The summed E-state index contributed by atoms with van der Waals surface area (Å²) < 4.78 is 16.3. The molecular weight excluding hydrogens is 347 g/mol. The van der Waals surface area contributed by atoms with Gasteiger partial charge in [-0.05, 0) is 42.3 Å². The normalized spacial score (nSPS) is 11.3. The molecular formula is C19H17FN6O. The molecule has 0 fully saturated rings. The van der Waals surface area contributed by atoms with Crippen molar-refractivity contribution in [1.82, 2.24) is 24.1 Å². The van der Waals surface area contributed by atoms with Gasteiger partial charge < -0.3 is 9.72 Å². The predicted octanol–water partition coefficient (Wildman–Crippen LogP) is 3.43. The minimum atomic E-state index is -0.431. The van der Waals surface area contributed by atoms with Crippen molar-refractivity contribution in [2.75, 3.05) is 5.32 Å². The van der Waals surface area contributed by atoms with Crippen molar-refractivity contribution in [3.05, 3.63) is 72.5 Å². The maximum Gasteiger partial charge on any atom is 0.295 e. The first-order valence-corrected chi connectivity index (χ1v) is 8.47. The third-order valence-electron chi connectivity index (χ3n) is 4.11. The second-order valence-corrected chi connectivity index (χ2v) is 6.45. The van der Waals surface area contributed by atoms with Gasteiger partial charge in [-0.2, -0.15) is 0 Å². The quantitative estimate of drug-likeness (QED) is 0.602. The van der Waals surface area contributed by atoms with Crippen LogP contribution in [0.4, 0.5) is 10.1 Å². The summed E-state index contributed by atoms with van der Waals surface area (Å²) in [5, 5.41) is 6.92. The van der Waals surface area contributed by atoms with Crippen LogP contribution in [-0.2, 0) is 0 Å². The highest BCUT2D eigenvalue weighted by Crippen LogP contribution is 2.17. The highest BCUT2D eigenvalue weighted by atomic mass is 19.1. The van der Waals surface area contributed by atoms with Crippen LogP contribution in [0.1, 0.15) is 36.1 Å². The van der Waals surface area contributed by atoms with Crippen molar-refractivity contribution in [2.45, 2.75) is 19.8 Å². The minimum Gasteiger partial charge on any atom is -0.318 e. The van der Waals surface area contributed by atoms with Crippen LogP contribution in [-0.4, -0.2) is 30.1 Å². The fraction of sp³-hybridized carbons (Fsp3) is 0.158. The van der Waals surface area contributed by atoms with Crippen LogP contribution in [0.15, 0.2) is 55.1 Å². The maximum absolute atomic E-state index is 13.0. The summed E-state index contributed by atoms with van der Waals surface area (Å²) in [6, 6.07) is 9.38. The molecule has 0 unspecified atom stereocenters. The Balaban J connectivity index is 1.53. The van der Waals surface area contributed by atoms with Gasteiger partial charge in [-0.25, -0.2) is 19.0 Å². The van der Waals surface area contributed by atoms with E-state index in [1.807, 2.05) is 16.7 Å². The van der Waals surface area contributed by atoms with E-state index in [2.05, 4.69) is 34.2 Å². The van der Waals surface area contributed by atoms with E-state index in [9.17, 15) is 9.18 Å². The highest BCUT2D eigenvalue weighted by molar-refractivity contribution is 6.01. The number of nitrogens with one attached hydrogen (secondary N) is 1. The van der Waals surface area contributed by atoms with Crippen LogP contribution in [0.5, 0.6) is 0 Å². The molecule has 0 saturated carbocycles. The molecule has 1 N–H and O–H groups in total. The molecule has 4 rings (SSSR count). The van der Waals surface area contributed by atoms with Crippen molar-refractivity contribution < 1.29 is 9.18 Å². The molecule has 3 heterocycles. The number of amides is 1. The van der Waals surface area contributed by atoms with Crippen LogP contribution in [0, 0.1) is 5.82 Å². The Morgan fingerprint density at radius 3 is 2.63 bits per heavy atom. The molecule has 1 amide bonds. The monoisotopic (exact) mass is 364 g/mol. The minimum absolute atomic E-state index is 0.0212. The number of carbonyl (C=O) groups is 1. The Labute approximate surface area is 154 Å². The van der Waals surface area contributed by atoms with E-state index in [1.165, 1.54) is 23.1 Å². The lowest BCUT2D eigenvalue weighted by Gasteiger charge is -2.03. The molecule has 0 atom stereocenters. The van der Waals surface area contributed by atoms with Gasteiger partial charge in [0.15, 0.2) is 0 Å². The van der Waals surface area contributed by atoms with Gasteiger partial charge in [-0.3, -0.25) is 4.79 Å². The first-order chi connectivity index (χ1) is 13.0. The third kappa shape index (κ3) is 3.41. The molecule has 1 aromatic carbocycles. The molecule has 0 saturated heterocycles. The number of hydrogen-bond donors (Lipinski definition) is 1. The SMILES string of the molecule is CC(C)c1cn2cc(NC(=O)c3ncn(-c4ccc(F)cc4)n3)ccc2n1. The predicted molar refractivity (Wildman–Crippen MR) is 98.6 cm³/mol. The maximum atomic E-state index is 13.0. The van der Waals surface area contributed by atoms with Gasteiger partial charge in [-0.1, -0.05) is 13.8 Å². The molecule has 4 aromatic rings. The van der Waals surface area contributed by atoms with Crippen molar-refractivity contribution in [3.63, 3.8) is 0 Å². The van der Waals surface area contributed by atoms with Gasteiger partial charge in [0.05, 0.1) is 17.1 Å². The second-order valence-electron chi connectivity index (χ2n) is 6.45. The standard InChI is InChI=1S/C19H17FN6O/c1-12(2)16-10-25-9-14(5-8-17(25)23-16)22-19(27)18-21-11-26(24-18)15-6-3-13(20)4-7-15/h3-12H,1-2H3,(H,22,27). The van der Waals surface area contributed by atoms with E-state index in [0.29, 0.717) is 17.3 Å². The molecule has 0 aliphatic carbocycles. The first kappa shape index (κ1) is 16.9. The molecule has 7 nitrogen and oxygen atoms in total. The molecule has 0 aliphatic rings. The van der Waals surface area contributed by atoms with Gasteiger partial charge in [0.25, 0.3) is 5.91 Å². The molecule has 0 aliphatic heterocycles. The van der Waals surface area contributed by atoms with Crippen LogP contribution >= 0.6 is 0 Å². The number of hydrogen-bond acceptors (Lipinski definition) is 4. The summed E-state index contributed by atoms with van der Waals surface area (Å²) in [7, 11) is 0. The number of rotatable bonds is 4. The first-order valence-electron chi connectivity index (χ1n) is 8.47. The highest BCUT2D eigenvalue weighted by Gasteiger charge is 2.13. The van der Waals surface area contributed by atoms with Crippen molar-refractivity contribution in [1.29, 1.82) is 0 Å². The van der Waals surface area contributed by atoms with E-state index in [1.54, 1.807) is 24.4 Å². The Kier molecular flexibility index (Phi) is 4.15. The lowest BCUT2D eigenvalue weighted by molar-refractivity contribution is 0.101. The summed E-state index contributed by atoms with van der Waals surface area (Å²) in [5.41, 5.74) is 3.02. The number of aromatic nitrogens is 5. The Hall–Kier alpha value is -3.55. The zero-order valence-corrected chi connectivity index (χ0v) is 14.8. The number of pyridine rings is 1. The lowest BCUT2D eigenvalue weighted by Crippen LogP contribution is -2.14. The van der Waals surface area contributed by atoms with Crippen LogP contribution in [0.2, 0.25) is 0 Å². The summed E-state index contributed by atoms with van der Waals surface area (Å²) in [6.45, 7) is 4.15. The van der Waals surface area contributed by atoms with E-state index in [-0.39, 0.29) is 11.6 Å². The number of halogens is 1.